The SMILES string of the molecule is COc1cc(C(=O)Nc2ccc(N3CC4CC4C3)cc2)cc(F)c1O. The van der Waals surface area contributed by atoms with Crippen LogP contribution < -0.4 is 15.0 Å². The average Bonchev–Trinajstić information content (AvgIpc) is 3.23. The molecule has 1 aliphatic heterocycles. The molecule has 4 rings (SSSR count). The maximum absolute atomic E-state index is 13.7. The number of aromatic hydroxyl groups is 1. The molecule has 0 spiro atoms. The van der Waals surface area contributed by atoms with Crippen LogP contribution in [0.2, 0.25) is 0 Å². The van der Waals surface area contributed by atoms with Crippen molar-refractivity contribution < 1.29 is 19.0 Å². The van der Waals surface area contributed by atoms with Gasteiger partial charge in [0.15, 0.2) is 17.3 Å². The molecule has 1 saturated heterocycles. The molecule has 0 bridgehead atoms. The Morgan fingerprint density at radius 1 is 1.24 bits per heavy atom. The van der Waals surface area contributed by atoms with E-state index < -0.39 is 17.5 Å². The Balaban J connectivity index is 1.46. The van der Waals surface area contributed by atoms with Gasteiger partial charge in [0.1, 0.15) is 0 Å². The molecule has 1 aliphatic carbocycles. The highest BCUT2D eigenvalue weighted by molar-refractivity contribution is 6.04. The monoisotopic (exact) mass is 342 g/mol. The topological polar surface area (TPSA) is 61.8 Å². The number of phenols is 1. The molecule has 130 valence electrons. The first-order valence-corrected chi connectivity index (χ1v) is 8.28. The predicted molar refractivity (Wildman–Crippen MR) is 92.8 cm³/mol. The summed E-state index contributed by atoms with van der Waals surface area (Å²) in [5.74, 6) is -0.322. The smallest absolute Gasteiger partial charge is 0.255 e. The molecule has 2 aliphatic rings. The average molecular weight is 342 g/mol. The third-order valence-electron chi connectivity index (χ3n) is 4.98. The highest BCUT2D eigenvalue weighted by atomic mass is 19.1. The van der Waals surface area contributed by atoms with Gasteiger partial charge in [0, 0.05) is 30.0 Å². The van der Waals surface area contributed by atoms with E-state index in [1.807, 2.05) is 24.3 Å². The summed E-state index contributed by atoms with van der Waals surface area (Å²) in [6.45, 7) is 2.23. The predicted octanol–water partition coefficient (Wildman–Crippen LogP) is 3.25. The largest absolute Gasteiger partial charge is 0.502 e. The molecule has 0 aromatic heterocycles. The van der Waals surface area contributed by atoms with Gasteiger partial charge >= 0.3 is 0 Å². The second-order valence-electron chi connectivity index (χ2n) is 6.67. The standard InChI is InChI=1S/C19H19FN2O3/c1-25-17-8-11(7-16(20)18(17)23)19(24)21-14-2-4-15(5-3-14)22-9-12-6-13(12)10-22/h2-5,7-8,12-13,23H,6,9-10H2,1H3,(H,21,24). The Labute approximate surface area is 145 Å². The van der Waals surface area contributed by atoms with Gasteiger partial charge in [-0.15, -0.1) is 0 Å². The van der Waals surface area contributed by atoms with Crippen molar-refractivity contribution in [3.8, 4) is 11.5 Å². The van der Waals surface area contributed by atoms with E-state index in [1.54, 1.807) is 0 Å². The lowest BCUT2D eigenvalue weighted by atomic mass is 10.1. The lowest BCUT2D eigenvalue weighted by Crippen LogP contribution is -2.21. The number of methoxy groups -OCH3 is 1. The van der Waals surface area contributed by atoms with Gasteiger partial charge in [-0.1, -0.05) is 0 Å². The van der Waals surface area contributed by atoms with Crippen molar-refractivity contribution >= 4 is 17.3 Å². The quantitative estimate of drug-likeness (QED) is 0.895. The number of fused-ring (bicyclic) bond motifs is 1. The van der Waals surface area contributed by atoms with E-state index in [0.717, 1.165) is 36.7 Å². The minimum absolute atomic E-state index is 0.0758. The summed E-state index contributed by atoms with van der Waals surface area (Å²) in [5.41, 5.74) is 1.86. The van der Waals surface area contributed by atoms with Crippen molar-refractivity contribution in [3.63, 3.8) is 0 Å². The molecule has 2 fully saturated rings. The Kier molecular flexibility index (Phi) is 3.75. The summed E-state index contributed by atoms with van der Waals surface area (Å²) in [6.07, 6.45) is 1.36. The van der Waals surface area contributed by atoms with E-state index in [0.29, 0.717) is 5.69 Å². The molecule has 2 unspecified atom stereocenters. The van der Waals surface area contributed by atoms with Crippen LogP contribution in [0, 0.1) is 17.7 Å². The minimum Gasteiger partial charge on any atom is -0.502 e. The number of anilines is 2. The van der Waals surface area contributed by atoms with Gasteiger partial charge < -0.3 is 20.1 Å². The molecule has 1 saturated carbocycles. The summed E-state index contributed by atoms with van der Waals surface area (Å²) in [7, 11) is 1.30. The van der Waals surface area contributed by atoms with E-state index in [4.69, 9.17) is 4.74 Å². The molecule has 0 radical (unpaired) electrons. The van der Waals surface area contributed by atoms with Crippen molar-refractivity contribution in [2.24, 2.45) is 11.8 Å². The van der Waals surface area contributed by atoms with Crippen molar-refractivity contribution in [3.05, 3.63) is 47.8 Å². The van der Waals surface area contributed by atoms with Crippen molar-refractivity contribution in [1.29, 1.82) is 0 Å². The van der Waals surface area contributed by atoms with Crippen molar-refractivity contribution in [2.75, 3.05) is 30.4 Å². The zero-order valence-corrected chi connectivity index (χ0v) is 13.8. The third kappa shape index (κ3) is 2.99. The van der Waals surface area contributed by atoms with Gasteiger partial charge in [-0.2, -0.15) is 0 Å². The highest BCUT2D eigenvalue weighted by Gasteiger charge is 2.44. The van der Waals surface area contributed by atoms with Gasteiger partial charge in [0.25, 0.3) is 5.91 Å². The normalized spacial score (nSPS) is 21.0. The van der Waals surface area contributed by atoms with Crippen molar-refractivity contribution in [1.82, 2.24) is 0 Å². The number of halogens is 1. The first kappa shape index (κ1) is 15.7. The number of ether oxygens (including phenoxy) is 1. The Bertz CT molecular complexity index is 812. The highest BCUT2D eigenvalue weighted by Crippen LogP contribution is 2.46. The number of nitrogens with one attached hydrogen (secondary N) is 1. The second-order valence-corrected chi connectivity index (χ2v) is 6.67. The van der Waals surface area contributed by atoms with Crippen LogP contribution in [-0.2, 0) is 0 Å². The fraction of sp³-hybridized carbons (Fsp3) is 0.316. The Morgan fingerprint density at radius 3 is 2.56 bits per heavy atom. The molecule has 6 heteroatoms. The maximum Gasteiger partial charge on any atom is 0.255 e. The van der Waals surface area contributed by atoms with E-state index in [2.05, 4.69) is 10.2 Å². The summed E-state index contributed by atoms with van der Waals surface area (Å²) in [4.78, 5) is 14.7. The zero-order chi connectivity index (χ0) is 17.6. The molecule has 1 amide bonds. The lowest BCUT2D eigenvalue weighted by molar-refractivity contribution is 0.102. The van der Waals surface area contributed by atoms with Crippen LogP contribution in [-0.4, -0.2) is 31.2 Å². The molecule has 1 heterocycles. The van der Waals surface area contributed by atoms with Crippen LogP contribution in [0.3, 0.4) is 0 Å². The van der Waals surface area contributed by atoms with Crippen LogP contribution in [0.15, 0.2) is 36.4 Å². The van der Waals surface area contributed by atoms with Crippen molar-refractivity contribution in [2.45, 2.75) is 6.42 Å². The molecule has 2 N–H and O–H groups in total. The number of rotatable bonds is 4. The lowest BCUT2D eigenvalue weighted by Gasteiger charge is -2.20. The van der Waals surface area contributed by atoms with Gasteiger partial charge in [-0.25, -0.2) is 4.39 Å². The Morgan fingerprint density at radius 2 is 1.92 bits per heavy atom. The van der Waals surface area contributed by atoms with Gasteiger partial charge in [0.05, 0.1) is 7.11 Å². The third-order valence-corrected chi connectivity index (χ3v) is 4.98. The fourth-order valence-corrected chi connectivity index (χ4v) is 3.43. The number of carbonyl (C=O) groups excluding carboxylic acids is 1. The van der Waals surface area contributed by atoms with Gasteiger partial charge in [0.2, 0.25) is 0 Å². The number of amides is 1. The second kappa shape index (κ2) is 5.95. The maximum atomic E-state index is 13.7. The summed E-state index contributed by atoms with van der Waals surface area (Å²) < 4.78 is 18.5. The summed E-state index contributed by atoms with van der Waals surface area (Å²) >= 11 is 0. The number of hydrogen-bond donors (Lipinski definition) is 2. The first-order valence-electron chi connectivity index (χ1n) is 8.28. The van der Waals surface area contributed by atoms with E-state index in [-0.39, 0.29) is 11.3 Å². The van der Waals surface area contributed by atoms with Crippen LogP contribution in [0.1, 0.15) is 16.8 Å². The summed E-state index contributed by atoms with van der Waals surface area (Å²) in [6, 6.07) is 9.93. The van der Waals surface area contributed by atoms with E-state index >= 15 is 0 Å². The number of nitrogens with zero attached hydrogens (tertiary/aromatic N) is 1. The molecular weight excluding hydrogens is 323 g/mol. The van der Waals surface area contributed by atoms with Crippen LogP contribution in [0.5, 0.6) is 11.5 Å². The number of hydrogen-bond acceptors (Lipinski definition) is 4. The van der Waals surface area contributed by atoms with E-state index in [1.165, 1.54) is 19.6 Å². The Hall–Kier alpha value is -2.76. The molecule has 2 atom stereocenters. The fourth-order valence-electron chi connectivity index (χ4n) is 3.43. The van der Waals surface area contributed by atoms with E-state index in [9.17, 15) is 14.3 Å². The molecular formula is C19H19FN2O3. The molecule has 25 heavy (non-hydrogen) atoms. The van der Waals surface area contributed by atoms with Gasteiger partial charge in [-0.3, -0.25) is 4.79 Å². The van der Waals surface area contributed by atoms with Gasteiger partial charge in [-0.05, 0) is 54.7 Å². The van der Waals surface area contributed by atoms with Crippen LogP contribution in [0.4, 0.5) is 15.8 Å². The zero-order valence-electron chi connectivity index (χ0n) is 13.8. The number of benzene rings is 2. The van der Waals surface area contributed by atoms with Crippen LogP contribution >= 0.6 is 0 Å². The summed E-state index contributed by atoms with van der Waals surface area (Å²) in [5, 5.41) is 12.2. The first-order chi connectivity index (χ1) is 12.0. The minimum atomic E-state index is -0.896. The molecule has 2 aromatic rings. The van der Waals surface area contributed by atoms with Crippen LogP contribution in [0.25, 0.3) is 0 Å². The molecule has 2 aromatic carbocycles. The molecule has 5 nitrogen and oxygen atoms in total. The number of piperidine rings is 1. The number of phenolic OH excluding ortho intramolecular Hbond substituents is 1. The number of carbonyl (C=O) groups is 1.